The lowest BCUT2D eigenvalue weighted by atomic mass is 10.1. The molecular formula is C28H33N5O4S. The number of hydrogen-bond donors (Lipinski definition) is 1. The van der Waals surface area contributed by atoms with E-state index in [2.05, 4.69) is 40.4 Å². The molecule has 1 aliphatic carbocycles. The van der Waals surface area contributed by atoms with Gasteiger partial charge in [0, 0.05) is 41.0 Å². The molecule has 1 saturated heterocycles. The number of sulfonamides is 1. The summed E-state index contributed by atoms with van der Waals surface area (Å²) >= 11 is 0. The van der Waals surface area contributed by atoms with Gasteiger partial charge >= 0.3 is 0 Å². The predicted molar refractivity (Wildman–Crippen MR) is 145 cm³/mol. The molecule has 200 valence electrons. The summed E-state index contributed by atoms with van der Waals surface area (Å²) in [5.41, 5.74) is 2.41. The zero-order valence-corrected chi connectivity index (χ0v) is 23.0. The van der Waals surface area contributed by atoms with Crippen molar-refractivity contribution in [1.82, 2.24) is 19.7 Å². The number of nitrogens with zero attached hydrogens (tertiary/aromatic N) is 4. The van der Waals surface area contributed by atoms with E-state index >= 15 is 0 Å². The summed E-state index contributed by atoms with van der Waals surface area (Å²) in [5.74, 6) is 0.269. The lowest BCUT2D eigenvalue weighted by Crippen LogP contribution is -2.37. The van der Waals surface area contributed by atoms with Gasteiger partial charge in [0.25, 0.3) is 15.9 Å². The van der Waals surface area contributed by atoms with Crippen LogP contribution in [0.15, 0.2) is 53.7 Å². The molecule has 3 aromatic heterocycles. The summed E-state index contributed by atoms with van der Waals surface area (Å²) in [6, 6.07) is 12.0. The predicted octanol–water partition coefficient (Wildman–Crippen LogP) is 4.52. The number of carbonyl (C=O) groups excluding carboxylic acids is 1. The molecule has 0 radical (unpaired) electrons. The third kappa shape index (κ3) is 5.50. The van der Waals surface area contributed by atoms with Crippen LogP contribution < -0.4 is 14.4 Å². The fourth-order valence-corrected chi connectivity index (χ4v) is 5.70. The van der Waals surface area contributed by atoms with Crippen LogP contribution in [0.5, 0.6) is 5.88 Å². The number of rotatable bonds is 8. The van der Waals surface area contributed by atoms with Crippen LogP contribution in [-0.2, 0) is 10.0 Å². The lowest BCUT2D eigenvalue weighted by molar-refractivity contribution is 0.0981. The van der Waals surface area contributed by atoms with E-state index < -0.39 is 15.9 Å². The van der Waals surface area contributed by atoms with Crippen molar-refractivity contribution in [2.45, 2.75) is 70.5 Å². The maximum Gasteiger partial charge on any atom is 0.281 e. The van der Waals surface area contributed by atoms with Crippen molar-refractivity contribution >= 4 is 21.7 Å². The highest BCUT2D eigenvalue weighted by Gasteiger charge is 2.38. The summed E-state index contributed by atoms with van der Waals surface area (Å²) in [4.78, 5) is 28.8. The Hall–Kier alpha value is -3.53. The quantitative estimate of drug-likeness (QED) is 0.448. The lowest BCUT2D eigenvalue weighted by Gasteiger charge is -2.29. The number of aromatic nitrogens is 3. The average Bonchev–Trinajstić information content (AvgIpc) is 3.54. The number of hydrogen-bond acceptors (Lipinski definition) is 8. The molecular weight excluding hydrogens is 502 g/mol. The molecule has 38 heavy (non-hydrogen) atoms. The normalized spacial score (nSPS) is 20.3. The molecule has 1 saturated carbocycles. The smallest absolute Gasteiger partial charge is 0.281 e. The molecule has 10 heteroatoms. The molecule has 4 heterocycles. The van der Waals surface area contributed by atoms with E-state index in [0.29, 0.717) is 29.7 Å². The van der Waals surface area contributed by atoms with Crippen molar-refractivity contribution < 1.29 is 17.9 Å². The maximum atomic E-state index is 13.3. The Balaban J connectivity index is 1.45. The van der Waals surface area contributed by atoms with E-state index in [-0.39, 0.29) is 28.1 Å². The highest BCUT2D eigenvalue weighted by molar-refractivity contribution is 7.90. The van der Waals surface area contributed by atoms with E-state index in [1.54, 1.807) is 37.4 Å². The Bertz CT molecular complexity index is 1440. The molecule has 0 bridgehead atoms. The highest BCUT2D eigenvalue weighted by atomic mass is 32.2. The molecule has 2 atom stereocenters. The third-order valence-corrected chi connectivity index (χ3v) is 8.62. The Morgan fingerprint density at radius 3 is 2.45 bits per heavy atom. The zero-order chi connectivity index (χ0) is 27.1. The molecule has 2 aliphatic rings. The largest absolute Gasteiger partial charge is 0.477 e. The molecule has 0 aromatic carbocycles. The van der Waals surface area contributed by atoms with Crippen molar-refractivity contribution in [2.75, 3.05) is 11.5 Å². The van der Waals surface area contributed by atoms with Gasteiger partial charge in [0.1, 0.15) is 5.82 Å². The van der Waals surface area contributed by atoms with E-state index in [1.165, 1.54) is 18.9 Å². The van der Waals surface area contributed by atoms with Crippen LogP contribution in [0.2, 0.25) is 0 Å². The summed E-state index contributed by atoms with van der Waals surface area (Å²) < 4.78 is 33.9. The van der Waals surface area contributed by atoms with E-state index in [0.717, 1.165) is 18.4 Å². The summed E-state index contributed by atoms with van der Waals surface area (Å²) in [7, 11) is -4.16. The first-order chi connectivity index (χ1) is 18.0. The zero-order valence-electron chi connectivity index (χ0n) is 22.1. The molecule has 9 nitrogen and oxygen atoms in total. The van der Waals surface area contributed by atoms with Gasteiger partial charge in [-0.3, -0.25) is 4.79 Å². The summed E-state index contributed by atoms with van der Waals surface area (Å²) in [6.07, 6.45) is 5.96. The molecule has 1 N–H and O–H groups in total. The van der Waals surface area contributed by atoms with E-state index in [4.69, 9.17) is 9.72 Å². The van der Waals surface area contributed by atoms with Gasteiger partial charge in [-0.1, -0.05) is 13.0 Å². The van der Waals surface area contributed by atoms with Crippen molar-refractivity contribution in [3.8, 4) is 17.1 Å². The van der Waals surface area contributed by atoms with Crippen LogP contribution in [-0.4, -0.2) is 48.0 Å². The number of amides is 1. The number of carbonyl (C=O) groups is 1. The van der Waals surface area contributed by atoms with Crippen LogP contribution in [0.25, 0.3) is 11.3 Å². The maximum absolute atomic E-state index is 13.3. The van der Waals surface area contributed by atoms with Gasteiger partial charge in [0.05, 0.1) is 17.9 Å². The number of nitrogens with one attached hydrogen (secondary N) is 1. The van der Waals surface area contributed by atoms with Gasteiger partial charge in [0.2, 0.25) is 5.88 Å². The fraction of sp³-hybridized carbons (Fsp3) is 0.429. The summed E-state index contributed by atoms with van der Waals surface area (Å²) in [6.45, 7) is 8.71. The first-order valence-corrected chi connectivity index (χ1v) is 14.4. The van der Waals surface area contributed by atoms with Crippen molar-refractivity contribution in [3.63, 3.8) is 0 Å². The molecule has 3 aromatic rings. The van der Waals surface area contributed by atoms with Gasteiger partial charge < -0.3 is 9.64 Å². The molecule has 1 amide bonds. The van der Waals surface area contributed by atoms with E-state index in [9.17, 15) is 13.2 Å². The number of anilines is 1. The van der Waals surface area contributed by atoms with Gasteiger partial charge in [0.15, 0.2) is 5.03 Å². The monoisotopic (exact) mass is 535 g/mol. The Labute approximate surface area is 223 Å². The minimum absolute atomic E-state index is 0.145. The van der Waals surface area contributed by atoms with Gasteiger partial charge in [-0.15, -0.1) is 0 Å². The number of pyridine rings is 3. The third-order valence-electron chi connectivity index (χ3n) is 7.39. The van der Waals surface area contributed by atoms with Crippen LogP contribution in [0, 0.1) is 12.3 Å². The van der Waals surface area contributed by atoms with Crippen molar-refractivity contribution in [1.29, 1.82) is 0 Å². The Kier molecular flexibility index (Phi) is 6.85. The van der Waals surface area contributed by atoms with Gasteiger partial charge in [-0.05, 0) is 76.8 Å². The second-order valence-electron chi connectivity index (χ2n) is 10.8. The average molecular weight is 536 g/mol. The van der Waals surface area contributed by atoms with E-state index in [1.807, 2.05) is 12.1 Å². The topological polar surface area (TPSA) is 114 Å². The standard InChI is InChI=1S/C28H33N5O4S/c1-18-6-5-7-25(30-18)38(35,36)32-27(34)22-11-12-23(31-26(22)33-19(2)8-9-20(33)3)21-10-13-24(29-16-21)37-17-28(4)14-15-28/h5-7,10-13,16,19-20H,8-9,14-15,17H2,1-4H3,(H,32,34)/t19-,20+. The molecule has 1 aliphatic heterocycles. The molecule has 0 spiro atoms. The minimum Gasteiger partial charge on any atom is -0.477 e. The van der Waals surface area contributed by atoms with Crippen molar-refractivity contribution in [3.05, 3.63) is 59.9 Å². The Morgan fingerprint density at radius 2 is 1.82 bits per heavy atom. The first-order valence-electron chi connectivity index (χ1n) is 12.9. The fourth-order valence-electron chi connectivity index (χ4n) is 4.72. The minimum atomic E-state index is -4.16. The second-order valence-corrected chi connectivity index (χ2v) is 12.4. The second kappa shape index (κ2) is 9.98. The van der Waals surface area contributed by atoms with Gasteiger partial charge in [-0.2, -0.15) is 8.42 Å². The van der Waals surface area contributed by atoms with Crippen molar-refractivity contribution in [2.24, 2.45) is 5.41 Å². The molecule has 0 unspecified atom stereocenters. The number of aryl methyl sites for hydroxylation is 1. The van der Waals surface area contributed by atoms with Gasteiger partial charge in [-0.25, -0.2) is 19.7 Å². The highest BCUT2D eigenvalue weighted by Crippen LogP contribution is 2.45. The first kappa shape index (κ1) is 26.1. The summed E-state index contributed by atoms with van der Waals surface area (Å²) in [5, 5.41) is -0.205. The van der Waals surface area contributed by atoms with Crippen LogP contribution >= 0.6 is 0 Å². The van der Waals surface area contributed by atoms with Crippen LogP contribution in [0.1, 0.15) is 62.5 Å². The molecule has 2 fully saturated rings. The molecule has 5 rings (SSSR count). The SMILES string of the molecule is Cc1cccc(S(=O)(=O)NC(=O)c2ccc(-c3ccc(OCC4(C)CC4)nc3)nc2N2[C@H](C)CC[C@@H]2C)n1. The Morgan fingerprint density at radius 1 is 1.08 bits per heavy atom. The van der Waals surface area contributed by atoms with Crippen LogP contribution in [0.4, 0.5) is 5.82 Å². The number of ether oxygens (including phenoxy) is 1. The van der Waals surface area contributed by atoms with Crippen LogP contribution in [0.3, 0.4) is 0 Å².